The molecule has 0 aromatic carbocycles. The summed E-state index contributed by atoms with van der Waals surface area (Å²) in [6.07, 6.45) is 11.5. The van der Waals surface area contributed by atoms with Gasteiger partial charge in [-0.1, -0.05) is 19.1 Å². The van der Waals surface area contributed by atoms with Crippen molar-refractivity contribution >= 4 is 6.16 Å². The van der Waals surface area contributed by atoms with Crippen molar-refractivity contribution in [3.63, 3.8) is 0 Å². The van der Waals surface area contributed by atoms with Gasteiger partial charge in [-0.2, -0.15) is 0 Å². The van der Waals surface area contributed by atoms with Gasteiger partial charge in [-0.25, -0.2) is 4.79 Å². The molecule has 24 heavy (non-hydrogen) atoms. The molecule has 134 valence electrons. The quantitative estimate of drug-likeness (QED) is 0.583. The molecule has 4 nitrogen and oxygen atoms in total. The third-order valence-electron chi connectivity index (χ3n) is 7.82. The molecule has 0 radical (unpaired) electrons. The highest BCUT2D eigenvalue weighted by Gasteiger charge is 2.57. The molecule has 3 fully saturated rings. The summed E-state index contributed by atoms with van der Waals surface area (Å²) >= 11 is 0. The Balaban J connectivity index is 1.53. The van der Waals surface area contributed by atoms with Gasteiger partial charge in [0.05, 0.1) is 13.2 Å². The number of aliphatic hydroxyl groups is 1. The zero-order valence-corrected chi connectivity index (χ0v) is 14.8. The highest BCUT2D eigenvalue weighted by Crippen LogP contribution is 2.62. The Bertz CT molecular complexity index is 530. The number of ether oxygens (including phenoxy) is 2. The van der Waals surface area contributed by atoms with Crippen LogP contribution in [0.5, 0.6) is 0 Å². The van der Waals surface area contributed by atoms with E-state index in [0.717, 1.165) is 31.1 Å². The van der Waals surface area contributed by atoms with Crippen LogP contribution in [0.3, 0.4) is 0 Å². The normalized spacial score (nSPS) is 49.7. The van der Waals surface area contributed by atoms with Gasteiger partial charge >= 0.3 is 6.16 Å². The van der Waals surface area contributed by atoms with Crippen molar-refractivity contribution in [3.8, 4) is 0 Å². The topological polar surface area (TPSA) is 55.8 Å². The summed E-state index contributed by atoms with van der Waals surface area (Å²) in [5, 5.41) is 9.93. The molecule has 0 unspecified atom stereocenters. The van der Waals surface area contributed by atoms with Crippen LogP contribution in [0.2, 0.25) is 0 Å². The summed E-state index contributed by atoms with van der Waals surface area (Å²) in [6.45, 7) is 2.33. The van der Waals surface area contributed by atoms with Crippen molar-refractivity contribution < 1.29 is 19.4 Å². The number of allylic oxidation sites excluding steroid dienone is 1. The van der Waals surface area contributed by atoms with Gasteiger partial charge in [-0.05, 0) is 74.5 Å². The van der Waals surface area contributed by atoms with Crippen molar-refractivity contribution in [1.82, 2.24) is 0 Å². The van der Waals surface area contributed by atoms with Crippen molar-refractivity contribution in [2.24, 2.45) is 35.0 Å². The molecule has 0 spiro atoms. The second-order valence-corrected chi connectivity index (χ2v) is 8.72. The van der Waals surface area contributed by atoms with E-state index in [0.29, 0.717) is 17.8 Å². The molecule has 0 aromatic rings. The summed E-state index contributed by atoms with van der Waals surface area (Å²) in [6, 6.07) is 0. The van der Waals surface area contributed by atoms with Crippen LogP contribution in [0, 0.1) is 35.0 Å². The first kappa shape index (κ1) is 16.4. The molecule has 4 heteroatoms. The minimum absolute atomic E-state index is 0.0114. The lowest BCUT2D eigenvalue weighted by atomic mass is 9.51. The standard InChI is InChI=1S/C20H30O4/c1-20-10-9-15-14-6-4-13(21)11-12(14)3-5-16(15)17(20)7-8-18(20)24-19(22)23-2/h4,6,12-18,21H,3,5,7-11H2,1-2H3/t12-,13+,14-,15+,16+,17-,18-,20-/m0/s1. The predicted molar refractivity (Wildman–Crippen MR) is 90.3 cm³/mol. The second kappa shape index (κ2) is 6.05. The Labute approximate surface area is 144 Å². The monoisotopic (exact) mass is 334 g/mol. The van der Waals surface area contributed by atoms with E-state index in [1.54, 1.807) is 0 Å². The van der Waals surface area contributed by atoms with Crippen molar-refractivity contribution in [3.05, 3.63) is 12.2 Å². The number of carbonyl (C=O) groups is 1. The predicted octanol–water partition coefficient (Wildman–Crippen LogP) is 3.93. The fourth-order valence-electron chi connectivity index (χ4n) is 6.69. The lowest BCUT2D eigenvalue weighted by molar-refractivity contribution is -0.0820. The van der Waals surface area contributed by atoms with Crippen LogP contribution in [0.15, 0.2) is 12.2 Å². The molecule has 0 heterocycles. The van der Waals surface area contributed by atoms with Crippen molar-refractivity contribution in [1.29, 1.82) is 0 Å². The molecular weight excluding hydrogens is 304 g/mol. The van der Waals surface area contributed by atoms with Crippen LogP contribution in [0.4, 0.5) is 4.79 Å². The molecule has 3 saturated carbocycles. The van der Waals surface area contributed by atoms with E-state index in [4.69, 9.17) is 9.47 Å². The van der Waals surface area contributed by atoms with Gasteiger partial charge in [0, 0.05) is 5.41 Å². The third kappa shape index (κ3) is 2.49. The third-order valence-corrected chi connectivity index (χ3v) is 7.82. The van der Waals surface area contributed by atoms with Crippen LogP contribution in [0.1, 0.15) is 51.9 Å². The van der Waals surface area contributed by atoms with Crippen LogP contribution in [0.25, 0.3) is 0 Å². The summed E-state index contributed by atoms with van der Waals surface area (Å²) < 4.78 is 10.4. The van der Waals surface area contributed by atoms with E-state index in [1.807, 2.05) is 6.08 Å². The van der Waals surface area contributed by atoms with E-state index in [2.05, 4.69) is 13.0 Å². The number of carbonyl (C=O) groups excluding carboxylic acids is 1. The molecule has 4 aliphatic rings. The molecule has 4 rings (SSSR count). The van der Waals surface area contributed by atoms with E-state index < -0.39 is 6.16 Å². The van der Waals surface area contributed by atoms with Crippen LogP contribution < -0.4 is 0 Å². The number of hydrogen-bond donors (Lipinski definition) is 1. The van der Waals surface area contributed by atoms with Gasteiger partial charge in [0.25, 0.3) is 0 Å². The number of fused-ring (bicyclic) bond motifs is 5. The Morgan fingerprint density at radius 1 is 1.12 bits per heavy atom. The zero-order chi connectivity index (χ0) is 16.9. The summed E-state index contributed by atoms with van der Waals surface area (Å²) in [5.74, 6) is 3.47. The van der Waals surface area contributed by atoms with E-state index >= 15 is 0 Å². The van der Waals surface area contributed by atoms with Crippen molar-refractivity contribution in [2.75, 3.05) is 7.11 Å². The lowest BCUT2D eigenvalue weighted by Crippen LogP contribution is -2.49. The molecule has 0 bridgehead atoms. The second-order valence-electron chi connectivity index (χ2n) is 8.72. The minimum atomic E-state index is -0.531. The van der Waals surface area contributed by atoms with Crippen molar-refractivity contribution in [2.45, 2.75) is 64.1 Å². The lowest BCUT2D eigenvalue weighted by Gasteiger charge is -2.54. The Kier molecular flexibility index (Phi) is 4.14. The summed E-state index contributed by atoms with van der Waals surface area (Å²) in [5.41, 5.74) is 0.111. The van der Waals surface area contributed by atoms with E-state index in [-0.39, 0.29) is 17.6 Å². The maximum atomic E-state index is 11.6. The van der Waals surface area contributed by atoms with Gasteiger partial charge < -0.3 is 14.6 Å². The van der Waals surface area contributed by atoms with Crippen LogP contribution in [-0.2, 0) is 9.47 Å². The Hall–Kier alpha value is -1.03. The van der Waals surface area contributed by atoms with Gasteiger partial charge in [0.15, 0.2) is 0 Å². The zero-order valence-electron chi connectivity index (χ0n) is 14.8. The molecule has 0 aliphatic heterocycles. The number of rotatable bonds is 1. The van der Waals surface area contributed by atoms with Gasteiger partial charge in [-0.3, -0.25) is 0 Å². The highest BCUT2D eigenvalue weighted by atomic mass is 16.7. The van der Waals surface area contributed by atoms with Gasteiger partial charge in [-0.15, -0.1) is 0 Å². The molecule has 0 saturated heterocycles. The smallest absolute Gasteiger partial charge is 0.438 e. The largest absolute Gasteiger partial charge is 0.508 e. The molecule has 8 atom stereocenters. The first-order valence-corrected chi connectivity index (χ1v) is 9.64. The number of aliphatic hydroxyl groups excluding tert-OH is 1. The minimum Gasteiger partial charge on any atom is -0.438 e. The molecule has 0 amide bonds. The maximum Gasteiger partial charge on any atom is 0.508 e. The van der Waals surface area contributed by atoms with E-state index in [1.165, 1.54) is 32.8 Å². The average molecular weight is 334 g/mol. The molecular formula is C20H30O4. The summed E-state index contributed by atoms with van der Waals surface area (Å²) in [4.78, 5) is 11.6. The fourth-order valence-corrected chi connectivity index (χ4v) is 6.69. The first-order chi connectivity index (χ1) is 11.5. The Morgan fingerprint density at radius 2 is 1.96 bits per heavy atom. The van der Waals surface area contributed by atoms with Crippen LogP contribution in [-0.4, -0.2) is 30.6 Å². The highest BCUT2D eigenvalue weighted by molar-refractivity contribution is 5.60. The molecule has 4 aliphatic carbocycles. The Morgan fingerprint density at radius 3 is 2.75 bits per heavy atom. The molecule has 1 N–H and O–H groups in total. The average Bonchev–Trinajstić information content (AvgIpc) is 2.90. The maximum absolute atomic E-state index is 11.6. The number of methoxy groups -OCH3 is 1. The van der Waals surface area contributed by atoms with E-state index in [9.17, 15) is 9.90 Å². The SMILES string of the molecule is COC(=O)O[C@H]1CC[C@H]2[C@@H]3CC[C@H]4C[C@H](O)C=C[C@@H]4[C@H]3CC[C@]12C. The summed E-state index contributed by atoms with van der Waals surface area (Å²) in [7, 11) is 1.39. The van der Waals surface area contributed by atoms with Gasteiger partial charge in [0.1, 0.15) is 6.10 Å². The fraction of sp³-hybridized carbons (Fsp3) is 0.850. The van der Waals surface area contributed by atoms with Crippen LogP contribution >= 0.6 is 0 Å². The molecule has 0 aromatic heterocycles. The number of hydrogen-bond acceptors (Lipinski definition) is 4. The van der Waals surface area contributed by atoms with Gasteiger partial charge in [0.2, 0.25) is 0 Å². The first-order valence-electron chi connectivity index (χ1n) is 9.64.